The van der Waals surface area contributed by atoms with Gasteiger partial charge >= 0.3 is 0 Å². The molecule has 6 heteroatoms. The summed E-state index contributed by atoms with van der Waals surface area (Å²) in [6.07, 6.45) is 1.03. The van der Waals surface area contributed by atoms with E-state index in [1.807, 2.05) is 48.5 Å². The van der Waals surface area contributed by atoms with Crippen LogP contribution >= 0.6 is 0 Å². The molecule has 2 amide bonds. The highest BCUT2D eigenvalue weighted by Gasteiger charge is 2.31. The predicted molar refractivity (Wildman–Crippen MR) is 108 cm³/mol. The third-order valence-electron chi connectivity index (χ3n) is 5.56. The van der Waals surface area contributed by atoms with Crippen LogP contribution in [-0.2, 0) is 4.79 Å². The quantitative estimate of drug-likeness (QED) is 0.885. The lowest BCUT2D eigenvalue weighted by atomic mass is 9.92. The number of amides is 2. The van der Waals surface area contributed by atoms with E-state index >= 15 is 0 Å². The second-order valence-electron chi connectivity index (χ2n) is 7.25. The Bertz CT molecular complexity index is 877. The summed E-state index contributed by atoms with van der Waals surface area (Å²) in [4.78, 5) is 29.3. The first-order valence-corrected chi connectivity index (χ1v) is 9.70. The molecule has 1 atom stereocenters. The normalized spacial score (nSPS) is 19.8. The smallest absolute Gasteiger partial charge is 0.254 e. The Morgan fingerprint density at radius 3 is 2.75 bits per heavy atom. The number of hydrogen-bond acceptors (Lipinski definition) is 4. The van der Waals surface area contributed by atoms with Crippen LogP contribution in [0, 0.1) is 0 Å². The molecule has 2 aliphatic rings. The zero-order valence-electron chi connectivity index (χ0n) is 16.1. The monoisotopic (exact) mass is 379 g/mol. The van der Waals surface area contributed by atoms with Gasteiger partial charge in [0.15, 0.2) is 0 Å². The van der Waals surface area contributed by atoms with Crippen molar-refractivity contribution in [1.82, 2.24) is 10.2 Å². The maximum absolute atomic E-state index is 13.2. The van der Waals surface area contributed by atoms with Crippen LogP contribution in [0.3, 0.4) is 0 Å². The van der Waals surface area contributed by atoms with Gasteiger partial charge in [0.2, 0.25) is 5.91 Å². The Balaban J connectivity index is 1.50. The highest BCUT2D eigenvalue weighted by molar-refractivity contribution is 6.02. The lowest BCUT2D eigenvalue weighted by Crippen LogP contribution is -2.52. The summed E-state index contributed by atoms with van der Waals surface area (Å²) in [6.45, 7) is 2.95. The van der Waals surface area contributed by atoms with Crippen molar-refractivity contribution in [3.63, 3.8) is 0 Å². The summed E-state index contributed by atoms with van der Waals surface area (Å²) in [7, 11) is 1.61. The molecule has 2 aliphatic heterocycles. The summed E-state index contributed by atoms with van der Waals surface area (Å²) >= 11 is 0. The number of nitrogens with zero attached hydrogens (tertiary/aromatic N) is 2. The molecule has 2 aromatic carbocycles. The maximum atomic E-state index is 13.2. The van der Waals surface area contributed by atoms with Gasteiger partial charge in [-0.05, 0) is 42.6 Å². The van der Waals surface area contributed by atoms with Gasteiger partial charge in [-0.15, -0.1) is 0 Å². The molecule has 0 spiro atoms. The lowest BCUT2D eigenvalue weighted by molar-refractivity contribution is -0.120. The van der Waals surface area contributed by atoms with Gasteiger partial charge < -0.3 is 19.9 Å². The number of piperazine rings is 1. The number of methoxy groups -OCH3 is 1. The fraction of sp³-hybridized carbons (Fsp3) is 0.364. The minimum atomic E-state index is -0.0760. The fourth-order valence-corrected chi connectivity index (χ4v) is 4.04. The first kappa shape index (κ1) is 18.5. The van der Waals surface area contributed by atoms with Gasteiger partial charge in [-0.1, -0.05) is 24.3 Å². The van der Waals surface area contributed by atoms with E-state index in [4.69, 9.17) is 4.74 Å². The zero-order valence-corrected chi connectivity index (χ0v) is 16.1. The molecule has 0 bridgehead atoms. The van der Waals surface area contributed by atoms with Gasteiger partial charge in [-0.2, -0.15) is 0 Å². The van der Waals surface area contributed by atoms with E-state index < -0.39 is 0 Å². The molecule has 2 aromatic rings. The van der Waals surface area contributed by atoms with E-state index in [2.05, 4.69) is 5.32 Å². The summed E-state index contributed by atoms with van der Waals surface area (Å²) in [5.41, 5.74) is 2.60. The minimum absolute atomic E-state index is 0.0545. The van der Waals surface area contributed by atoms with Crippen molar-refractivity contribution in [2.45, 2.75) is 12.3 Å². The summed E-state index contributed by atoms with van der Waals surface area (Å²) in [5, 5.41) is 3.36. The lowest BCUT2D eigenvalue weighted by Gasteiger charge is -2.35. The van der Waals surface area contributed by atoms with Gasteiger partial charge in [0.1, 0.15) is 12.3 Å². The highest BCUT2D eigenvalue weighted by atomic mass is 16.5. The van der Waals surface area contributed by atoms with Crippen LogP contribution in [0.1, 0.15) is 28.3 Å². The summed E-state index contributed by atoms with van der Waals surface area (Å²) < 4.78 is 5.25. The molecule has 0 saturated carbocycles. The third kappa shape index (κ3) is 3.60. The standard InChI is InChI=1S/C22H25N3O3/c1-28-18-6-4-5-17(13-18)25-12-11-24(15-21(25)26)22(27)20-8-3-2-7-19(20)16-9-10-23-14-16/h2-8,13,16,23H,9-12,14-15H2,1H3/t16-/m1/s1. The first-order valence-electron chi connectivity index (χ1n) is 9.70. The van der Waals surface area contributed by atoms with E-state index in [0.29, 0.717) is 24.8 Å². The van der Waals surface area contributed by atoms with Gasteiger partial charge in [0, 0.05) is 37.0 Å². The first-order chi connectivity index (χ1) is 13.7. The highest BCUT2D eigenvalue weighted by Crippen LogP contribution is 2.28. The fourth-order valence-electron chi connectivity index (χ4n) is 4.04. The number of rotatable bonds is 4. The minimum Gasteiger partial charge on any atom is -0.497 e. The SMILES string of the molecule is COc1cccc(N2CCN(C(=O)c3ccccc3[C@@H]3CCNC3)CC2=O)c1. The number of anilines is 1. The number of ether oxygens (including phenoxy) is 1. The second kappa shape index (κ2) is 8.02. The van der Waals surface area contributed by atoms with Crippen LogP contribution in [0.4, 0.5) is 5.69 Å². The molecule has 0 unspecified atom stereocenters. The van der Waals surface area contributed by atoms with Crippen molar-refractivity contribution in [1.29, 1.82) is 0 Å². The molecule has 6 nitrogen and oxygen atoms in total. The molecule has 0 aromatic heterocycles. The number of carbonyl (C=O) groups is 2. The molecule has 2 saturated heterocycles. The van der Waals surface area contributed by atoms with Gasteiger partial charge in [-0.25, -0.2) is 0 Å². The molecule has 0 aliphatic carbocycles. The van der Waals surface area contributed by atoms with E-state index in [1.165, 1.54) is 0 Å². The number of carbonyl (C=O) groups excluding carboxylic acids is 2. The molecule has 28 heavy (non-hydrogen) atoms. The molecule has 4 rings (SSSR count). The van der Waals surface area contributed by atoms with Crippen molar-refractivity contribution in [2.24, 2.45) is 0 Å². The molecule has 0 radical (unpaired) electrons. The summed E-state index contributed by atoms with van der Waals surface area (Å²) in [5.74, 6) is 0.936. The van der Waals surface area contributed by atoms with Crippen LogP contribution < -0.4 is 15.0 Å². The number of benzene rings is 2. The number of hydrogen-bond donors (Lipinski definition) is 1. The Morgan fingerprint density at radius 1 is 1.14 bits per heavy atom. The van der Waals surface area contributed by atoms with Crippen LogP contribution in [0.2, 0.25) is 0 Å². The maximum Gasteiger partial charge on any atom is 0.254 e. The van der Waals surface area contributed by atoms with Crippen molar-refractivity contribution in [2.75, 3.05) is 44.7 Å². The molecular weight excluding hydrogens is 354 g/mol. The molecule has 2 fully saturated rings. The topological polar surface area (TPSA) is 61.9 Å². The van der Waals surface area contributed by atoms with Gasteiger partial charge in [0.25, 0.3) is 5.91 Å². The van der Waals surface area contributed by atoms with Crippen molar-refractivity contribution in [3.8, 4) is 5.75 Å². The Kier molecular flexibility index (Phi) is 5.30. The van der Waals surface area contributed by atoms with Crippen LogP contribution in [0.5, 0.6) is 5.75 Å². The predicted octanol–water partition coefficient (Wildman–Crippen LogP) is 2.26. The van der Waals surface area contributed by atoms with Crippen LogP contribution in [0.25, 0.3) is 0 Å². The van der Waals surface area contributed by atoms with E-state index in [1.54, 1.807) is 16.9 Å². The second-order valence-corrected chi connectivity index (χ2v) is 7.25. The Hall–Kier alpha value is -2.86. The molecular formula is C22H25N3O3. The van der Waals surface area contributed by atoms with Crippen molar-refractivity contribution in [3.05, 3.63) is 59.7 Å². The van der Waals surface area contributed by atoms with Crippen LogP contribution in [-0.4, -0.2) is 56.5 Å². The van der Waals surface area contributed by atoms with E-state index in [-0.39, 0.29) is 18.4 Å². The van der Waals surface area contributed by atoms with Crippen LogP contribution in [0.15, 0.2) is 48.5 Å². The zero-order chi connectivity index (χ0) is 19.5. The molecule has 1 N–H and O–H groups in total. The molecule has 2 heterocycles. The van der Waals surface area contributed by atoms with Gasteiger partial charge in [-0.3, -0.25) is 9.59 Å². The largest absolute Gasteiger partial charge is 0.497 e. The van der Waals surface area contributed by atoms with E-state index in [9.17, 15) is 9.59 Å². The van der Waals surface area contributed by atoms with Crippen molar-refractivity contribution < 1.29 is 14.3 Å². The Labute approximate surface area is 165 Å². The average Bonchev–Trinajstić information content (AvgIpc) is 3.28. The Morgan fingerprint density at radius 2 is 2.00 bits per heavy atom. The van der Waals surface area contributed by atoms with Crippen molar-refractivity contribution >= 4 is 17.5 Å². The molecule has 146 valence electrons. The third-order valence-corrected chi connectivity index (χ3v) is 5.56. The average molecular weight is 379 g/mol. The van der Waals surface area contributed by atoms with Gasteiger partial charge in [0.05, 0.1) is 7.11 Å². The number of nitrogens with one attached hydrogen (secondary N) is 1. The summed E-state index contributed by atoms with van der Waals surface area (Å²) in [6, 6.07) is 15.3. The van der Waals surface area contributed by atoms with E-state index in [0.717, 1.165) is 36.3 Å².